The van der Waals surface area contributed by atoms with Crippen molar-refractivity contribution >= 4 is 17.1 Å². The van der Waals surface area contributed by atoms with Crippen LogP contribution in [0, 0.1) is 0 Å². The molecule has 3 heteroatoms. The molecule has 1 heterocycles. The molecular formula is C14H15NOS. The summed E-state index contributed by atoms with van der Waals surface area (Å²) in [5.74, 6) is 0.0134. The number of carbonyl (C=O) groups excluding carboxylic acids is 1. The van der Waals surface area contributed by atoms with Gasteiger partial charge in [-0.2, -0.15) is 0 Å². The number of nitrogens with two attached hydrogens (primary N) is 1. The molecule has 0 bridgehead atoms. The molecule has 2 nitrogen and oxygen atoms in total. The summed E-state index contributed by atoms with van der Waals surface area (Å²) in [6.45, 7) is 0.369. The molecule has 1 aromatic carbocycles. The Morgan fingerprint density at radius 3 is 2.53 bits per heavy atom. The molecule has 1 aromatic heterocycles. The van der Waals surface area contributed by atoms with E-state index in [2.05, 4.69) is 0 Å². The van der Waals surface area contributed by atoms with E-state index in [0.29, 0.717) is 13.0 Å². The zero-order valence-electron chi connectivity index (χ0n) is 9.50. The highest BCUT2D eigenvalue weighted by molar-refractivity contribution is 7.10. The molecule has 1 atom stereocenters. The third-order valence-corrected chi connectivity index (χ3v) is 3.63. The lowest BCUT2D eigenvalue weighted by Crippen LogP contribution is -2.22. The predicted octanol–water partition coefficient (Wildman–Crippen LogP) is 2.60. The molecule has 2 rings (SSSR count). The van der Waals surface area contributed by atoms with E-state index in [1.807, 2.05) is 47.8 Å². The van der Waals surface area contributed by atoms with Gasteiger partial charge in [-0.3, -0.25) is 4.79 Å². The molecule has 0 fully saturated rings. The molecule has 0 radical (unpaired) electrons. The van der Waals surface area contributed by atoms with Crippen LogP contribution >= 0.6 is 11.3 Å². The number of carbonyl (C=O) groups is 1. The van der Waals surface area contributed by atoms with Gasteiger partial charge in [-0.25, -0.2) is 0 Å². The van der Waals surface area contributed by atoms with Crippen LogP contribution in [0.3, 0.4) is 0 Å². The van der Waals surface area contributed by atoms with Gasteiger partial charge in [0.25, 0.3) is 0 Å². The van der Waals surface area contributed by atoms with Crippen molar-refractivity contribution in [2.24, 2.45) is 5.73 Å². The first-order valence-electron chi connectivity index (χ1n) is 5.61. The molecule has 2 aromatic rings. The van der Waals surface area contributed by atoms with Gasteiger partial charge < -0.3 is 5.73 Å². The van der Waals surface area contributed by atoms with Crippen LogP contribution in [0.1, 0.15) is 16.4 Å². The van der Waals surface area contributed by atoms with Gasteiger partial charge in [0.05, 0.1) is 5.92 Å². The number of benzene rings is 1. The zero-order chi connectivity index (χ0) is 12.1. The molecule has 1 unspecified atom stereocenters. The molecule has 0 amide bonds. The van der Waals surface area contributed by atoms with E-state index >= 15 is 0 Å². The van der Waals surface area contributed by atoms with Crippen LogP contribution in [0.15, 0.2) is 47.8 Å². The van der Waals surface area contributed by atoms with Gasteiger partial charge in [0.15, 0.2) is 0 Å². The van der Waals surface area contributed by atoms with E-state index in [9.17, 15) is 4.79 Å². The van der Waals surface area contributed by atoms with Crippen LogP contribution in [0.4, 0.5) is 0 Å². The fraction of sp³-hybridized carbons (Fsp3) is 0.214. The third-order valence-electron chi connectivity index (χ3n) is 2.75. The average molecular weight is 245 g/mol. The van der Waals surface area contributed by atoms with Crippen LogP contribution < -0.4 is 5.73 Å². The standard InChI is InChI=1S/C14H15NOS/c15-10-13(11-5-2-1-3-6-11)14(16)9-12-7-4-8-17-12/h1-8,13H,9-10,15H2. The summed E-state index contributed by atoms with van der Waals surface area (Å²) in [5.41, 5.74) is 6.73. The smallest absolute Gasteiger partial charge is 0.146 e. The quantitative estimate of drug-likeness (QED) is 0.880. The first-order chi connectivity index (χ1) is 8.31. The Kier molecular flexibility index (Phi) is 4.07. The van der Waals surface area contributed by atoms with Gasteiger partial charge in [0.2, 0.25) is 0 Å². The maximum atomic E-state index is 12.2. The van der Waals surface area contributed by atoms with Crippen LogP contribution in [0.5, 0.6) is 0 Å². The number of thiophene rings is 1. The molecule has 88 valence electrons. The normalized spacial score (nSPS) is 12.3. The van der Waals surface area contributed by atoms with Crippen LogP contribution in [0.25, 0.3) is 0 Å². The summed E-state index contributed by atoms with van der Waals surface area (Å²) < 4.78 is 0. The highest BCUT2D eigenvalue weighted by Gasteiger charge is 2.19. The fourth-order valence-corrected chi connectivity index (χ4v) is 2.56. The van der Waals surface area contributed by atoms with Crippen molar-refractivity contribution < 1.29 is 4.79 Å². The van der Waals surface area contributed by atoms with Gasteiger partial charge in [-0.05, 0) is 17.0 Å². The molecule has 17 heavy (non-hydrogen) atoms. The van der Waals surface area contributed by atoms with Gasteiger partial charge in [0, 0.05) is 17.8 Å². The Labute approximate surface area is 105 Å². The van der Waals surface area contributed by atoms with Crippen molar-refractivity contribution in [1.82, 2.24) is 0 Å². The van der Waals surface area contributed by atoms with E-state index in [-0.39, 0.29) is 11.7 Å². The van der Waals surface area contributed by atoms with E-state index < -0.39 is 0 Å². The Bertz CT molecular complexity index is 464. The third kappa shape index (κ3) is 3.02. The second kappa shape index (κ2) is 5.75. The number of Topliss-reactive ketones (excluding diaryl/α,β-unsaturated/α-hetero) is 1. The molecule has 2 N–H and O–H groups in total. The second-order valence-corrected chi connectivity index (χ2v) is 4.95. The monoisotopic (exact) mass is 245 g/mol. The van der Waals surface area contributed by atoms with Crippen LogP contribution in [-0.2, 0) is 11.2 Å². The Hall–Kier alpha value is -1.45. The Morgan fingerprint density at radius 1 is 1.18 bits per heavy atom. The van der Waals surface area contributed by atoms with Crippen molar-refractivity contribution in [2.75, 3.05) is 6.54 Å². The summed E-state index contributed by atoms with van der Waals surface area (Å²) in [6, 6.07) is 13.7. The largest absolute Gasteiger partial charge is 0.329 e. The first kappa shape index (κ1) is 12.0. The topological polar surface area (TPSA) is 43.1 Å². The molecule has 0 saturated carbocycles. The van der Waals surface area contributed by atoms with Crippen LogP contribution in [-0.4, -0.2) is 12.3 Å². The maximum Gasteiger partial charge on any atom is 0.146 e. The van der Waals surface area contributed by atoms with Crippen molar-refractivity contribution in [3.05, 3.63) is 58.3 Å². The molecular weight excluding hydrogens is 230 g/mol. The van der Waals surface area contributed by atoms with Gasteiger partial charge >= 0.3 is 0 Å². The fourth-order valence-electron chi connectivity index (χ4n) is 1.85. The lowest BCUT2D eigenvalue weighted by Gasteiger charge is -2.13. The SMILES string of the molecule is NCC(C(=O)Cc1cccs1)c1ccccc1. The molecule has 0 spiro atoms. The summed E-state index contributed by atoms with van der Waals surface area (Å²) in [6.07, 6.45) is 0.481. The van der Waals surface area contributed by atoms with Crippen molar-refractivity contribution in [3.8, 4) is 0 Å². The molecule has 0 aliphatic rings. The maximum absolute atomic E-state index is 12.2. The van der Waals surface area contributed by atoms with E-state index in [4.69, 9.17) is 5.73 Å². The number of hydrogen-bond acceptors (Lipinski definition) is 3. The summed E-state index contributed by atoms with van der Waals surface area (Å²) >= 11 is 1.61. The van der Waals surface area contributed by atoms with Gasteiger partial charge in [-0.15, -0.1) is 11.3 Å². The average Bonchev–Trinajstić information content (AvgIpc) is 2.84. The summed E-state index contributed by atoms with van der Waals surface area (Å²) in [7, 11) is 0. The number of rotatable bonds is 5. The van der Waals surface area contributed by atoms with E-state index in [0.717, 1.165) is 10.4 Å². The Morgan fingerprint density at radius 2 is 1.94 bits per heavy atom. The molecule has 0 aliphatic heterocycles. The predicted molar refractivity (Wildman–Crippen MR) is 71.3 cm³/mol. The van der Waals surface area contributed by atoms with E-state index in [1.165, 1.54) is 0 Å². The lowest BCUT2D eigenvalue weighted by atomic mass is 9.93. The van der Waals surface area contributed by atoms with Gasteiger partial charge in [-0.1, -0.05) is 36.4 Å². The first-order valence-corrected chi connectivity index (χ1v) is 6.49. The molecule has 0 saturated heterocycles. The minimum Gasteiger partial charge on any atom is -0.329 e. The minimum atomic E-state index is -0.182. The van der Waals surface area contributed by atoms with Crippen molar-refractivity contribution in [1.29, 1.82) is 0 Å². The summed E-state index contributed by atoms with van der Waals surface area (Å²) in [5, 5.41) is 1.99. The second-order valence-electron chi connectivity index (χ2n) is 3.92. The summed E-state index contributed by atoms with van der Waals surface area (Å²) in [4.78, 5) is 13.3. The van der Waals surface area contributed by atoms with E-state index in [1.54, 1.807) is 11.3 Å². The highest BCUT2D eigenvalue weighted by atomic mass is 32.1. The number of hydrogen-bond donors (Lipinski definition) is 1. The van der Waals surface area contributed by atoms with Crippen LogP contribution in [0.2, 0.25) is 0 Å². The molecule has 0 aliphatic carbocycles. The van der Waals surface area contributed by atoms with Gasteiger partial charge in [0.1, 0.15) is 5.78 Å². The zero-order valence-corrected chi connectivity index (χ0v) is 10.3. The lowest BCUT2D eigenvalue weighted by molar-refractivity contribution is -0.119. The Balaban J connectivity index is 2.11. The van der Waals surface area contributed by atoms with Crippen molar-refractivity contribution in [3.63, 3.8) is 0 Å². The minimum absolute atomic E-state index is 0.182. The number of ketones is 1. The van der Waals surface area contributed by atoms with Crippen molar-refractivity contribution in [2.45, 2.75) is 12.3 Å². The highest BCUT2D eigenvalue weighted by Crippen LogP contribution is 2.19.